The van der Waals surface area contributed by atoms with Crippen LogP contribution in [0.3, 0.4) is 0 Å². The lowest BCUT2D eigenvalue weighted by atomic mass is 10.2. The van der Waals surface area contributed by atoms with Gasteiger partial charge in [0.05, 0.1) is 15.7 Å². The van der Waals surface area contributed by atoms with Gasteiger partial charge in [0.25, 0.3) is 0 Å². The molecule has 118 valence electrons. The lowest BCUT2D eigenvalue weighted by Gasteiger charge is -2.06. The fraction of sp³-hybridized carbons (Fsp3) is 0.286. The van der Waals surface area contributed by atoms with Gasteiger partial charge >= 0.3 is 6.03 Å². The van der Waals surface area contributed by atoms with Crippen molar-refractivity contribution < 1.29 is 4.79 Å². The first kappa shape index (κ1) is 17.0. The highest BCUT2D eigenvalue weighted by atomic mass is 35.5. The molecule has 0 bridgehead atoms. The summed E-state index contributed by atoms with van der Waals surface area (Å²) in [6, 6.07) is 4.93. The zero-order valence-electron chi connectivity index (χ0n) is 12.0. The molecule has 1 aromatic carbocycles. The highest BCUT2D eigenvalue weighted by molar-refractivity contribution is 7.13. The van der Waals surface area contributed by atoms with Crippen molar-refractivity contribution in [3.05, 3.63) is 44.9 Å². The van der Waals surface area contributed by atoms with E-state index in [-0.39, 0.29) is 6.03 Å². The number of carbonyl (C=O) groups excluding carboxylic acids is 1. The summed E-state index contributed by atoms with van der Waals surface area (Å²) >= 11 is 13.2. The van der Waals surface area contributed by atoms with Gasteiger partial charge in [0, 0.05) is 18.5 Å². The molecule has 2 amide bonds. The zero-order valence-corrected chi connectivity index (χ0v) is 14.3. The van der Waals surface area contributed by atoms with E-state index in [4.69, 9.17) is 23.2 Å². The summed E-state index contributed by atoms with van der Waals surface area (Å²) in [6.07, 6.45) is 0. The smallest absolute Gasteiger partial charge is 0.321 e. The molecule has 0 atom stereocenters. The van der Waals surface area contributed by atoms with Crippen molar-refractivity contribution in [1.82, 2.24) is 15.6 Å². The van der Waals surface area contributed by atoms with Gasteiger partial charge in [0.15, 0.2) is 5.13 Å². The number of hydrogen-bond acceptors (Lipinski definition) is 4. The summed E-state index contributed by atoms with van der Waals surface area (Å²) in [7, 11) is 0. The van der Waals surface area contributed by atoms with Crippen molar-refractivity contribution in [3.63, 3.8) is 0 Å². The van der Waals surface area contributed by atoms with Crippen LogP contribution in [0.1, 0.15) is 18.2 Å². The van der Waals surface area contributed by atoms with Gasteiger partial charge in [-0.15, -0.1) is 11.3 Å². The van der Waals surface area contributed by atoms with Crippen molar-refractivity contribution in [2.75, 3.05) is 11.9 Å². The number of halogens is 2. The number of anilines is 1. The third-order valence-electron chi connectivity index (χ3n) is 2.77. The normalized spacial score (nSPS) is 10.5. The number of urea groups is 1. The molecule has 1 aromatic heterocycles. The van der Waals surface area contributed by atoms with Crippen LogP contribution in [0, 0.1) is 0 Å². The topological polar surface area (TPSA) is 66.0 Å². The van der Waals surface area contributed by atoms with Crippen LogP contribution in [-0.2, 0) is 13.1 Å². The van der Waals surface area contributed by atoms with E-state index in [1.807, 2.05) is 18.4 Å². The Bertz CT molecular complexity index is 648. The molecule has 0 saturated carbocycles. The zero-order chi connectivity index (χ0) is 15.9. The van der Waals surface area contributed by atoms with Gasteiger partial charge in [0.1, 0.15) is 0 Å². The number of rotatable bonds is 6. The van der Waals surface area contributed by atoms with Gasteiger partial charge in [0.2, 0.25) is 0 Å². The number of thiazole rings is 1. The fourth-order valence-corrected chi connectivity index (χ4v) is 2.70. The second-order valence-electron chi connectivity index (χ2n) is 4.48. The third-order valence-corrected chi connectivity index (χ3v) is 4.31. The quantitative estimate of drug-likeness (QED) is 0.733. The molecule has 8 heteroatoms. The van der Waals surface area contributed by atoms with E-state index in [1.54, 1.807) is 12.1 Å². The highest BCUT2D eigenvalue weighted by Gasteiger charge is 2.07. The Hall–Kier alpha value is -1.34. The molecule has 2 aromatic rings. The van der Waals surface area contributed by atoms with E-state index in [9.17, 15) is 4.79 Å². The Morgan fingerprint density at radius 3 is 2.82 bits per heavy atom. The lowest BCUT2D eigenvalue weighted by Crippen LogP contribution is -2.28. The Morgan fingerprint density at radius 1 is 1.27 bits per heavy atom. The van der Waals surface area contributed by atoms with Gasteiger partial charge < -0.3 is 10.6 Å². The monoisotopic (exact) mass is 358 g/mol. The number of nitrogens with zero attached hydrogens (tertiary/aromatic N) is 1. The van der Waals surface area contributed by atoms with Gasteiger partial charge in [-0.05, 0) is 24.2 Å². The van der Waals surface area contributed by atoms with Crippen LogP contribution in [0.2, 0.25) is 10.0 Å². The second-order valence-corrected chi connectivity index (χ2v) is 6.15. The first-order valence-electron chi connectivity index (χ1n) is 6.72. The van der Waals surface area contributed by atoms with Crippen LogP contribution in [0.15, 0.2) is 23.6 Å². The first-order chi connectivity index (χ1) is 10.6. The van der Waals surface area contributed by atoms with Crippen LogP contribution in [0.5, 0.6) is 0 Å². The standard InChI is InChI=1S/C14H16Cl2N4OS/c1-2-17-7-10-8-22-14(19-10)20-13(21)18-6-9-3-4-11(15)12(16)5-9/h3-5,8,17H,2,6-7H2,1H3,(H2,18,19,20,21). The predicted molar refractivity (Wildman–Crippen MR) is 91.8 cm³/mol. The number of nitrogens with one attached hydrogen (secondary N) is 3. The van der Waals surface area contributed by atoms with Gasteiger partial charge in [-0.1, -0.05) is 36.2 Å². The van der Waals surface area contributed by atoms with Gasteiger partial charge in [-0.3, -0.25) is 5.32 Å². The molecule has 2 rings (SSSR count). The molecule has 0 aliphatic heterocycles. The molecule has 5 nitrogen and oxygen atoms in total. The van der Waals surface area contributed by atoms with E-state index < -0.39 is 0 Å². The second kappa shape index (κ2) is 8.33. The van der Waals surface area contributed by atoms with Crippen LogP contribution in [-0.4, -0.2) is 17.6 Å². The Labute approximate surface area is 143 Å². The number of amides is 2. The molecule has 1 heterocycles. The average molecular weight is 359 g/mol. The van der Waals surface area contributed by atoms with E-state index >= 15 is 0 Å². The van der Waals surface area contributed by atoms with Crippen LogP contribution >= 0.6 is 34.5 Å². The molecule has 0 unspecified atom stereocenters. The fourth-order valence-electron chi connectivity index (χ4n) is 1.67. The molecule has 22 heavy (non-hydrogen) atoms. The van der Waals surface area contributed by atoms with E-state index in [0.717, 1.165) is 17.8 Å². The molecule has 0 spiro atoms. The van der Waals surface area contributed by atoms with Crippen molar-refractivity contribution in [2.45, 2.75) is 20.0 Å². The summed E-state index contributed by atoms with van der Waals surface area (Å²) < 4.78 is 0. The van der Waals surface area contributed by atoms with Crippen LogP contribution in [0.25, 0.3) is 0 Å². The molecule has 0 radical (unpaired) electrons. The maximum atomic E-state index is 11.8. The number of aromatic nitrogens is 1. The van der Waals surface area contributed by atoms with E-state index in [1.165, 1.54) is 11.3 Å². The Kier molecular flexibility index (Phi) is 6.45. The average Bonchev–Trinajstić information content (AvgIpc) is 2.94. The van der Waals surface area contributed by atoms with Gasteiger partial charge in [-0.2, -0.15) is 0 Å². The minimum absolute atomic E-state index is 0.310. The van der Waals surface area contributed by atoms with Crippen LogP contribution in [0.4, 0.5) is 9.93 Å². The third kappa shape index (κ3) is 5.14. The van der Waals surface area contributed by atoms with Crippen molar-refractivity contribution >= 4 is 45.7 Å². The minimum atomic E-state index is -0.310. The van der Waals surface area contributed by atoms with Crippen molar-refractivity contribution in [3.8, 4) is 0 Å². The maximum Gasteiger partial charge on any atom is 0.321 e. The molecule has 0 fully saturated rings. The molecular weight excluding hydrogens is 343 g/mol. The molecule has 3 N–H and O–H groups in total. The largest absolute Gasteiger partial charge is 0.334 e. The minimum Gasteiger partial charge on any atom is -0.334 e. The number of carbonyl (C=O) groups is 1. The summed E-state index contributed by atoms with van der Waals surface area (Å²) in [6.45, 7) is 3.96. The van der Waals surface area contributed by atoms with Crippen LogP contribution < -0.4 is 16.0 Å². The number of hydrogen-bond donors (Lipinski definition) is 3. The maximum absolute atomic E-state index is 11.8. The van der Waals surface area contributed by atoms with Crippen molar-refractivity contribution in [1.29, 1.82) is 0 Å². The molecule has 0 aliphatic rings. The summed E-state index contributed by atoms with van der Waals surface area (Å²) in [5.74, 6) is 0. The Morgan fingerprint density at radius 2 is 2.09 bits per heavy atom. The molecular formula is C14H16Cl2N4OS. The highest BCUT2D eigenvalue weighted by Crippen LogP contribution is 2.22. The number of benzene rings is 1. The van der Waals surface area contributed by atoms with E-state index in [0.29, 0.717) is 28.3 Å². The summed E-state index contributed by atoms with van der Waals surface area (Å²) in [4.78, 5) is 16.1. The SMILES string of the molecule is CCNCc1csc(NC(=O)NCc2ccc(Cl)c(Cl)c2)n1. The predicted octanol–water partition coefficient (Wildman–Crippen LogP) is 3.88. The summed E-state index contributed by atoms with van der Waals surface area (Å²) in [5.41, 5.74) is 1.78. The molecule has 0 saturated heterocycles. The summed E-state index contributed by atoms with van der Waals surface area (Å²) in [5, 5.41) is 12.1. The van der Waals surface area contributed by atoms with E-state index in [2.05, 4.69) is 20.9 Å². The molecule has 0 aliphatic carbocycles. The first-order valence-corrected chi connectivity index (χ1v) is 8.36. The Balaban J connectivity index is 1.82. The van der Waals surface area contributed by atoms with Gasteiger partial charge in [-0.25, -0.2) is 9.78 Å². The lowest BCUT2D eigenvalue weighted by molar-refractivity contribution is 0.251. The van der Waals surface area contributed by atoms with Crippen molar-refractivity contribution in [2.24, 2.45) is 0 Å².